The van der Waals surface area contributed by atoms with Gasteiger partial charge in [0.25, 0.3) is 0 Å². The quantitative estimate of drug-likeness (QED) is 0.749. The predicted molar refractivity (Wildman–Crippen MR) is 73.0 cm³/mol. The summed E-state index contributed by atoms with van der Waals surface area (Å²) in [5, 5.41) is 10.1. The van der Waals surface area contributed by atoms with E-state index in [0.29, 0.717) is 12.0 Å². The van der Waals surface area contributed by atoms with Gasteiger partial charge >= 0.3 is 0 Å². The lowest BCUT2D eigenvalue weighted by Crippen LogP contribution is -2.42. The topological polar surface area (TPSA) is 49.5 Å². The molecule has 1 heterocycles. The van der Waals surface area contributed by atoms with Crippen molar-refractivity contribution < 1.29 is 5.11 Å². The zero-order valence-corrected chi connectivity index (χ0v) is 11.8. The Morgan fingerprint density at radius 2 is 2.12 bits per heavy atom. The summed E-state index contributed by atoms with van der Waals surface area (Å²) in [5.41, 5.74) is 5.45. The molecule has 1 fully saturated rings. The van der Waals surface area contributed by atoms with Crippen molar-refractivity contribution >= 4 is 0 Å². The van der Waals surface area contributed by atoms with Crippen LogP contribution in [0.2, 0.25) is 0 Å². The van der Waals surface area contributed by atoms with Gasteiger partial charge in [-0.3, -0.25) is 0 Å². The second-order valence-electron chi connectivity index (χ2n) is 6.43. The molecule has 0 aliphatic carbocycles. The van der Waals surface area contributed by atoms with Gasteiger partial charge in [0.1, 0.15) is 0 Å². The average molecular weight is 242 g/mol. The first kappa shape index (κ1) is 14.9. The van der Waals surface area contributed by atoms with Crippen molar-refractivity contribution in [1.82, 2.24) is 4.90 Å². The van der Waals surface area contributed by atoms with E-state index >= 15 is 0 Å². The first-order valence-corrected chi connectivity index (χ1v) is 7.06. The monoisotopic (exact) mass is 242 g/mol. The van der Waals surface area contributed by atoms with Crippen LogP contribution < -0.4 is 5.73 Å². The van der Waals surface area contributed by atoms with Crippen molar-refractivity contribution in [2.75, 3.05) is 26.2 Å². The number of nitrogens with two attached hydrogens (primary N) is 1. The van der Waals surface area contributed by atoms with Crippen LogP contribution in [0.5, 0.6) is 0 Å². The smallest absolute Gasteiger partial charge is 0.0767 e. The summed E-state index contributed by atoms with van der Waals surface area (Å²) in [7, 11) is 0. The minimum Gasteiger partial charge on any atom is -0.389 e. The van der Waals surface area contributed by atoms with Crippen LogP contribution >= 0.6 is 0 Å². The maximum absolute atomic E-state index is 10.1. The van der Waals surface area contributed by atoms with Gasteiger partial charge in [0.15, 0.2) is 0 Å². The average Bonchev–Trinajstić information content (AvgIpc) is 2.27. The van der Waals surface area contributed by atoms with Crippen LogP contribution in [0.1, 0.15) is 52.9 Å². The Labute approximate surface area is 106 Å². The van der Waals surface area contributed by atoms with Crippen LogP contribution in [0, 0.1) is 5.41 Å². The summed E-state index contributed by atoms with van der Waals surface area (Å²) >= 11 is 0. The molecule has 0 saturated carbocycles. The fourth-order valence-corrected chi connectivity index (χ4v) is 2.79. The van der Waals surface area contributed by atoms with Gasteiger partial charge in [-0.25, -0.2) is 0 Å². The van der Waals surface area contributed by atoms with Crippen LogP contribution in [-0.4, -0.2) is 41.8 Å². The molecule has 1 aliphatic heterocycles. The first-order chi connectivity index (χ1) is 7.91. The Bertz CT molecular complexity index is 224. The Kier molecular flexibility index (Phi) is 5.42. The number of hydrogen-bond acceptors (Lipinski definition) is 3. The zero-order chi connectivity index (χ0) is 12.9. The predicted octanol–water partition coefficient (Wildman–Crippen LogP) is 1.99. The van der Waals surface area contributed by atoms with Crippen LogP contribution in [0.15, 0.2) is 0 Å². The molecule has 0 radical (unpaired) electrons. The minimum atomic E-state index is -0.634. The van der Waals surface area contributed by atoms with Gasteiger partial charge in [-0.1, -0.05) is 20.8 Å². The first-order valence-electron chi connectivity index (χ1n) is 7.06. The van der Waals surface area contributed by atoms with Crippen LogP contribution in [0.3, 0.4) is 0 Å². The molecular weight excluding hydrogens is 212 g/mol. The number of likely N-dealkylation sites (tertiary alicyclic amines) is 1. The molecule has 17 heavy (non-hydrogen) atoms. The lowest BCUT2D eigenvalue weighted by molar-refractivity contribution is 0.0283. The molecule has 0 aromatic heterocycles. The Balaban J connectivity index is 2.27. The molecule has 0 aromatic rings. The lowest BCUT2D eigenvalue weighted by Gasteiger charge is -2.38. The Morgan fingerprint density at radius 3 is 2.65 bits per heavy atom. The molecule has 1 aliphatic rings. The van der Waals surface area contributed by atoms with Crippen molar-refractivity contribution in [1.29, 1.82) is 0 Å². The normalized spacial score (nSPS) is 24.5. The van der Waals surface area contributed by atoms with Gasteiger partial charge in [0.05, 0.1) is 5.60 Å². The highest BCUT2D eigenvalue weighted by molar-refractivity contribution is 4.81. The van der Waals surface area contributed by atoms with Crippen molar-refractivity contribution in [2.24, 2.45) is 11.1 Å². The van der Waals surface area contributed by atoms with Gasteiger partial charge < -0.3 is 15.7 Å². The molecule has 3 heteroatoms. The Morgan fingerprint density at radius 1 is 1.41 bits per heavy atom. The summed E-state index contributed by atoms with van der Waals surface area (Å²) in [6, 6.07) is 0. The zero-order valence-electron chi connectivity index (χ0n) is 11.8. The molecule has 1 unspecified atom stereocenters. The molecule has 0 bridgehead atoms. The highest BCUT2D eigenvalue weighted by Crippen LogP contribution is 2.28. The van der Waals surface area contributed by atoms with E-state index in [0.717, 1.165) is 25.8 Å². The largest absolute Gasteiger partial charge is 0.389 e. The number of piperidine rings is 1. The maximum atomic E-state index is 10.1. The summed E-state index contributed by atoms with van der Waals surface area (Å²) in [5.74, 6) is 0. The third-order valence-corrected chi connectivity index (χ3v) is 4.13. The molecule has 3 N–H and O–H groups in total. The van der Waals surface area contributed by atoms with Gasteiger partial charge in [0, 0.05) is 13.1 Å². The molecule has 1 saturated heterocycles. The van der Waals surface area contributed by atoms with Crippen LogP contribution in [0.4, 0.5) is 0 Å². The van der Waals surface area contributed by atoms with Crippen molar-refractivity contribution in [2.45, 2.75) is 58.5 Å². The molecule has 102 valence electrons. The van der Waals surface area contributed by atoms with Gasteiger partial charge in [-0.05, 0) is 50.6 Å². The number of aliphatic hydroxyl groups is 1. The van der Waals surface area contributed by atoms with E-state index < -0.39 is 5.60 Å². The fraction of sp³-hybridized carbons (Fsp3) is 1.00. The Hall–Kier alpha value is -0.120. The number of nitrogens with zero attached hydrogens (tertiary/aromatic N) is 1. The standard InChI is InChI=1S/C14H30N2O/c1-4-14(17,11-15)8-6-10-16-9-5-7-13(2,3)12-16/h17H,4-12,15H2,1-3H3. The van der Waals surface area contributed by atoms with E-state index in [2.05, 4.69) is 18.7 Å². The van der Waals surface area contributed by atoms with Gasteiger partial charge in [-0.2, -0.15) is 0 Å². The maximum Gasteiger partial charge on any atom is 0.0767 e. The van der Waals surface area contributed by atoms with Crippen LogP contribution in [0.25, 0.3) is 0 Å². The summed E-state index contributed by atoms with van der Waals surface area (Å²) in [6.07, 6.45) is 5.29. The molecule has 1 atom stereocenters. The third-order valence-electron chi connectivity index (χ3n) is 4.13. The summed E-state index contributed by atoms with van der Waals surface area (Å²) in [6.45, 7) is 10.6. The van der Waals surface area contributed by atoms with E-state index in [9.17, 15) is 5.11 Å². The number of rotatable bonds is 6. The van der Waals surface area contributed by atoms with Gasteiger partial charge in [0.2, 0.25) is 0 Å². The minimum absolute atomic E-state index is 0.384. The molecule has 0 aromatic carbocycles. The molecule has 3 nitrogen and oxygen atoms in total. The molecule has 0 amide bonds. The van der Waals surface area contributed by atoms with Crippen LogP contribution in [-0.2, 0) is 0 Å². The molecule has 0 spiro atoms. The van der Waals surface area contributed by atoms with E-state index in [1.165, 1.54) is 25.9 Å². The second-order valence-corrected chi connectivity index (χ2v) is 6.43. The van der Waals surface area contributed by atoms with Crippen molar-refractivity contribution in [3.05, 3.63) is 0 Å². The van der Waals surface area contributed by atoms with E-state index in [-0.39, 0.29) is 0 Å². The summed E-state index contributed by atoms with van der Waals surface area (Å²) in [4.78, 5) is 2.54. The van der Waals surface area contributed by atoms with Crippen molar-refractivity contribution in [3.63, 3.8) is 0 Å². The van der Waals surface area contributed by atoms with E-state index in [1.807, 2.05) is 6.92 Å². The second kappa shape index (κ2) is 6.17. The third kappa shape index (κ3) is 4.94. The van der Waals surface area contributed by atoms with E-state index in [1.54, 1.807) is 0 Å². The summed E-state index contributed by atoms with van der Waals surface area (Å²) < 4.78 is 0. The number of hydrogen-bond donors (Lipinski definition) is 2. The SMILES string of the molecule is CCC(O)(CN)CCCN1CCCC(C)(C)C1. The van der Waals surface area contributed by atoms with E-state index in [4.69, 9.17) is 5.73 Å². The molecular formula is C14H30N2O. The molecule has 1 rings (SSSR count). The van der Waals surface area contributed by atoms with Crippen molar-refractivity contribution in [3.8, 4) is 0 Å². The fourth-order valence-electron chi connectivity index (χ4n) is 2.79. The van der Waals surface area contributed by atoms with Gasteiger partial charge in [-0.15, -0.1) is 0 Å². The lowest BCUT2D eigenvalue weighted by atomic mass is 9.84. The highest BCUT2D eigenvalue weighted by atomic mass is 16.3. The highest BCUT2D eigenvalue weighted by Gasteiger charge is 2.27.